The van der Waals surface area contributed by atoms with Crippen molar-refractivity contribution in [3.05, 3.63) is 65.4 Å². The van der Waals surface area contributed by atoms with E-state index in [1.807, 2.05) is 25.1 Å². The number of hydrogen-bond acceptors (Lipinski definition) is 5. The van der Waals surface area contributed by atoms with Gasteiger partial charge in [-0.15, -0.1) is 0 Å². The van der Waals surface area contributed by atoms with Crippen molar-refractivity contribution in [1.82, 2.24) is 20.3 Å². The smallest absolute Gasteiger partial charge is 0.255 e. The maximum Gasteiger partial charge on any atom is 0.255 e. The number of carbonyl (C=O) groups excluding carboxylic acids is 1. The van der Waals surface area contributed by atoms with Crippen molar-refractivity contribution >= 4 is 28.2 Å². The summed E-state index contributed by atoms with van der Waals surface area (Å²) in [5.74, 6) is -0.621. The highest BCUT2D eigenvalue weighted by atomic mass is 19.1. The van der Waals surface area contributed by atoms with E-state index < -0.39 is 5.82 Å². The number of anilines is 2. The van der Waals surface area contributed by atoms with Gasteiger partial charge in [-0.25, -0.2) is 14.4 Å². The van der Waals surface area contributed by atoms with Gasteiger partial charge in [-0.3, -0.25) is 4.79 Å². The van der Waals surface area contributed by atoms with Crippen molar-refractivity contribution in [3.63, 3.8) is 0 Å². The van der Waals surface area contributed by atoms with Gasteiger partial charge in [0.1, 0.15) is 6.33 Å². The molecule has 1 aliphatic rings. The molecule has 0 spiro atoms. The number of aromatic nitrogens is 3. The lowest BCUT2D eigenvalue weighted by Gasteiger charge is -2.16. The van der Waals surface area contributed by atoms with Gasteiger partial charge in [-0.05, 0) is 30.7 Å². The van der Waals surface area contributed by atoms with Crippen LogP contribution < -0.4 is 15.4 Å². The van der Waals surface area contributed by atoms with Crippen molar-refractivity contribution in [1.29, 1.82) is 0 Å². The number of nitrogens with zero attached hydrogens (tertiary/aromatic N) is 2. The Balaban J connectivity index is 1.75. The Kier molecular flexibility index (Phi) is 4.54. The summed E-state index contributed by atoms with van der Waals surface area (Å²) < 4.78 is 19.5. The highest BCUT2D eigenvalue weighted by molar-refractivity contribution is 6.08. The summed E-state index contributed by atoms with van der Waals surface area (Å²) in [6.45, 7) is 2.54. The lowest BCUT2D eigenvalue weighted by atomic mass is 10.0. The molecule has 2 aromatic heterocycles. The standard InChI is InChI=1S/C23H20FN5O2/c1-12-6-7-13-17(10-12)26-11-27-19(13)21-20(18-15(28-21)8-9-25-23(18)30)29-16-5-3-4-14(24)22(16)31-2/h3-7,10-11,28-29H,8-9H2,1-2H3,(H,25,30). The zero-order chi connectivity index (χ0) is 21.5. The lowest BCUT2D eigenvalue weighted by Crippen LogP contribution is -2.31. The number of rotatable bonds is 4. The van der Waals surface area contributed by atoms with Crippen LogP contribution in [0.1, 0.15) is 21.6 Å². The minimum Gasteiger partial charge on any atom is -0.492 e. The Morgan fingerprint density at radius 3 is 2.90 bits per heavy atom. The first kappa shape index (κ1) is 19.0. The molecule has 7 nitrogen and oxygen atoms in total. The third-order valence-corrected chi connectivity index (χ3v) is 5.42. The minimum atomic E-state index is -0.495. The molecule has 4 aromatic rings. The van der Waals surface area contributed by atoms with E-state index in [4.69, 9.17) is 4.74 Å². The highest BCUT2D eigenvalue weighted by Crippen LogP contribution is 2.40. The first-order chi connectivity index (χ1) is 15.1. The number of nitrogens with one attached hydrogen (secondary N) is 3. The number of H-pyrrole nitrogens is 1. The first-order valence-corrected chi connectivity index (χ1v) is 9.91. The van der Waals surface area contributed by atoms with Gasteiger partial charge in [0.15, 0.2) is 11.6 Å². The number of amides is 1. The molecule has 8 heteroatoms. The topological polar surface area (TPSA) is 91.9 Å². The molecule has 0 bridgehead atoms. The molecule has 0 saturated heterocycles. The van der Waals surface area contributed by atoms with Crippen LogP contribution in [-0.4, -0.2) is 34.5 Å². The SMILES string of the molecule is COc1c(F)cccc1Nc1c(-c2ncnc3cc(C)ccc23)[nH]c2c1C(=O)NCC2. The quantitative estimate of drug-likeness (QED) is 0.465. The molecule has 2 aromatic carbocycles. The second kappa shape index (κ2) is 7.39. The average Bonchev–Trinajstić information content (AvgIpc) is 3.12. The monoisotopic (exact) mass is 417 g/mol. The van der Waals surface area contributed by atoms with Crippen molar-refractivity contribution in [2.24, 2.45) is 0 Å². The molecular weight excluding hydrogens is 397 g/mol. The molecule has 1 aliphatic heterocycles. The highest BCUT2D eigenvalue weighted by Gasteiger charge is 2.29. The molecule has 0 unspecified atom stereocenters. The molecule has 3 N–H and O–H groups in total. The van der Waals surface area contributed by atoms with Gasteiger partial charge in [0.25, 0.3) is 5.91 Å². The summed E-state index contributed by atoms with van der Waals surface area (Å²) in [5.41, 5.74) is 5.42. The Bertz CT molecular complexity index is 1330. The minimum absolute atomic E-state index is 0.0720. The van der Waals surface area contributed by atoms with Crippen LogP contribution in [0.3, 0.4) is 0 Å². The van der Waals surface area contributed by atoms with Gasteiger partial charge < -0.3 is 20.4 Å². The van der Waals surface area contributed by atoms with E-state index in [0.717, 1.165) is 22.2 Å². The second-order valence-electron chi connectivity index (χ2n) is 7.42. The molecule has 1 amide bonds. The molecule has 0 aliphatic carbocycles. The predicted molar refractivity (Wildman–Crippen MR) is 116 cm³/mol. The predicted octanol–water partition coefficient (Wildman–Crippen LogP) is 4.11. The van der Waals surface area contributed by atoms with Crippen molar-refractivity contribution in [2.45, 2.75) is 13.3 Å². The summed E-state index contributed by atoms with van der Waals surface area (Å²) in [5, 5.41) is 6.95. The van der Waals surface area contributed by atoms with Crippen LogP contribution in [0.15, 0.2) is 42.7 Å². The van der Waals surface area contributed by atoms with Crippen LogP contribution in [0.25, 0.3) is 22.3 Å². The van der Waals surface area contributed by atoms with E-state index in [-0.39, 0.29) is 11.7 Å². The molecule has 0 fully saturated rings. The number of hydrogen-bond donors (Lipinski definition) is 3. The number of para-hydroxylation sites is 1. The van der Waals surface area contributed by atoms with E-state index in [9.17, 15) is 9.18 Å². The average molecular weight is 417 g/mol. The van der Waals surface area contributed by atoms with Crippen LogP contribution in [0.5, 0.6) is 5.75 Å². The molecule has 31 heavy (non-hydrogen) atoms. The molecule has 3 heterocycles. The van der Waals surface area contributed by atoms with Gasteiger partial charge in [0.2, 0.25) is 0 Å². The largest absolute Gasteiger partial charge is 0.492 e. The van der Waals surface area contributed by atoms with Crippen LogP contribution in [0, 0.1) is 12.7 Å². The number of methoxy groups -OCH3 is 1. The fraction of sp³-hybridized carbons (Fsp3) is 0.174. The third kappa shape index (κ3) is 3.16. The van der Waals surface area contributed by atoms with Crippen LogP contribution in [0.2, 0.25) is 0 Å². The summed E-state index contributed by atoms with van der Waals surface area (Å²) in [7, 11) is 1.41. The lowest BCUT2D eigenvalue weighted by molar-refractivity contribution is 0.0947. The number of fused-ring (bicyclic) bond motifs is 2. The number of halogens is 1. The first-order valence-electron chi connectivity index (χ1n) is 9.91. The Hall–Kier alpha value is -3.94. The van der Waals surface area contributed by atoms with E-state index >= 15 is 0 Å². The summed E-state index contributed by atoms with van der Waals surface area (Å²) in [6.07, 6.45) is 2.15. The van der Waals surface area contributed by atoms with Crippen molar-refractivity contribution in [3.8, 4) is 17.1 Å². The van der Waals surface area contributed by atoms with Crippen LogP contribution in [0.4, 0.5) is 15.8 Å². The summed E-state index contributed by atoms with van der Waals surface area (Å²) >= 11 is 0. The molecule has 0 atom stereocenters. The van der Waals surface area contributed by atoms with Crippen LogP contribution >= 0.6 is 0 Å². The van der Waals surface area contributed by atoms with E-state index in [2.05, 4.69) is 25.6 Å². The van der Waals surface area contributed by atoms with Gasteiger partial charge in [-0.1, -0.05) is 18.2 Å². The summed E-state index contributed by atoms with van der Waals surface area (Å²) in [4.78, 5) is 25.0. The second-order valence-corrected chi connectivity index (χ2v) is 7.42. The van der Waals surface area contributed by atoms with Crippen molar-refractivity contribution in [2.75, 3.05) is 19.0 Å². The normalized spacial score (nSPS) is 13.1. The molecule has 0 saturated carbocycles. The molecule has 0 radical (unpaired) electrons. The van der Waals surface area contributed by atoms with E-state index in [1.54, 1.807) is 12.1 Å². The van der Waals surface area contributed by atoms with E-state index in [0.29, 0.717) is 41.3 Å². The number of carbonyl (C=O) groups is 1. The maximum atomic E-state index is 14.3. The Labute approximate surface area is 177 Å². The van der Waals surface area contributed by atoms with Gasteiger partial charge in [-0.2, -0.15) is 0 Å². The Morgan fingerprint density at radius 2 is 2.06 bits per heavy atom. The molecule has 5 rings (SSSR count). The zero-order valence-electron chi connectivity index (χ0n) is 17.0. The zero-order valence-corrected chi connectivity index (χ0v) is 17.0. The number of benzene rings is 2. The maximum absolute atomic E-state index is 14.3. The Morgan fingerprint density at radius 1 is 1.19 bits per heavy atom. The van der Waals surface area contributed by atoms with E-state index in [1.165, 1.54) is 19.5 Å². The van der Waals surface area contributed by atoms with Gasteiger partial charge >= 0.3 is 0 Å². The fourth-order valence-corrected chi connectivity index (χ4v) is 4.00. The number of aryl methyl sites for hydroxylation is 1. The number of ether oxygens (including phenoxy) is 1. The van der Waals surface area contributed by atoms with Crippen molar-refractivity contribution < 1.29 is 13.9 Å². The van der Waals surface area contributed by atoms with Crippen LogP contribution in [-0.2, 0) is 6.42 Å². The van der Waals surface area contributed by atoms with Gasteiger partial charge in [0.05, 0.1) is 41.0 Å². The third-order valence-electron chi connectivity index (χ3n) is 5.42. The summed E-state index contributed by atoms with van der Waals surface area (Å²) in [6, 6.07) is 10.6. The number of aromatic amines is 1. The van der Waals surface area contributed by atoms with Gasteiger partial charge in [0, 0.05) is 24.0 Å². The fourth-order valence-electron chi connectivity index (χ4n) is 4.00. The molecular formula is C23H20FN5O2. The molecule has 156 valence electrons.